The van der Waals surface area contributed by atoms with Crippen LogP contribution in [-0.4, -0.2) is 16.5 Å². The highest BCUT2D eigenvalue weighted by molar-refractivity contribution is 7.17. The Bertz CT molecular complexity index is 832. The summed E-state index contributed by atoms with van der Waals surface area (Å²) in [6, 6.07) is 6.27. The number of halogens is 4. The standard InChI is InChI=1S/C15H11ClF3N3S/c16-12-7-13(22-8-21-12)20-3-1-9-5-10-2-4-23-14(10)11(6-9)15(17,18)19/h2,4-8H,1,3H2,(H,20,21,22). The highest BCUT2D eigenvalue weighted by Crippen LogP contribution is 2.38. The Kier molecular flexibility index (Phi) is 4.41. The molecular weight excluding hydrogens is 347 g/mol. The van der Waals surface area contributed by atoms with Crippen LogP contribution < -0.4 is 5.32 Å². The van der Waals surface area contributed by atoms with Gasteiger partial charge >= 0.3 is 6.18 Å². The number of fused-ring (bicyclic) bond motifs is 1. The summed E-state index contributed by atoms with van der Waals surface area (Å²) >= 11 is 6.85. The molecule has 0 saturated heterocycles. The number of nitrogens with zero attached hydrogens (tertiary/aromatic N) is 2. The van der Waals surface area contributed by atoms with Gasteiger partial charge in [0.1, 0.15) is 17.3 Å². The monoisotopic (exact) mass is 357 g/mol. The molecule has 2 heterocycles. The topological polar surface area (TPSA) is 37.8 Å². The first-order chi connectivity index (χ1) is 10.9. The Morgan fingerprint density at radius 2 is 2.00 bits per heavy atom. The normalized spacial score (nSPS) is 11.8. The van der Waals surface area contributed by atoms with Crippen LogP contribution in [0.3, 0.4) is 0 Å². The molecule has 8 heteroatoms. The Hall–Kier alpha value is -1.86. The van der Waals surface area contributed by atoms with Crippen LogP contribution in [0, 0.1) is 0 Å². The number of benzene rings is 1. The Morgan fingerprint density at radius 1 is 1.17 bits per heavy atom. The third-order valence-electron chi connectivity index (χ3n) is 3.27. The lowest BCUT2D eigenvalue weighted by Crippen LogP contribution is -2.09. The number of anilines is 1. The fourth-order valence-corrected chi connectivity index (χ4v) is 3.33. The zero-order valence-electron chi connectivity index (χ0n) is 11.7. The lowest BCUT2D eigenvalue weighted by atomic mass is 10.0. The van der Waals surface area contributed by atoms with Gasteiger partial charge in [0.25, 0.3) is 0 Å². The minimum Gasteiger partial charge on any atom is -0.370 e. The first-order valence-corrected chi connectivity index (χ1v) is 7.98. The number of hydrogen-bond acceptors (Lipinski definition) is 4. The van der Waals surface area contributed by atoms with Crippen molar-refractivity contribution < 1.29 is 13.2 Å². The van der Waals surface area contributed by atoms with Crippen molar-refractivity contribution in [3.63, 3.8) is 0 Å². The smallest absolute Gasteiger partial charge is 0.370 e. The van der Waals surface area contributed by atoms with E-state index in [-0.39, 0.29) is 4.70 Å². The molecule has 0 radical (unpaired) electrons. The van der Waals surface area contributed by atoms with Gasteiger partial charge in [0, 0.05) is 17.3 Å². The van der Waals surface area contributed by atoms with E-state index in [4.69, 9.17) is 11.6 Å². The molecule has 0 atom stereocenters. The van der Waals surface area contributed by atoms with Gasteiger partial charge in [-0.2, -0.15) is 13.2 Å². The minimum absolute atomic E-state index is 0.275. The molecule has 1 N–H and O–H groups in total. The van der Waals surface area contributed by atoms with Crippen LogP contribution in [0.2, 0.25) is 5.15 Å². The van der Waals surface area contributed by atoms with Gasteiger partial charge in [-0.1, -0.05) is 17.7 Å². The predicted molar refractivity (Wildman–Crippen MR) is 86.1 cm³/mol. The molecule has 0 aliphatic carbocycles. The highest BCUT2D eigenvalue weighted by atomic mass is 35.5. The molecule has 0 fully saturated rings. The van der Waals surface area contributed by atoms with E-state index in [1.54, 1.807) is 23.6 Å². The van der Waals surface area contributed by atoms with E-state index in [1.807, 2.05) is 0 Å². The van der Waals surface area contributed by atoms with Crippen LogP contribution >= 0.6 is 22.9 Å². The molecule has 0 bridgehead atoms. The van der Waals surface area contributed by atoms with Gasteiger partial charge in [-0.15, -0.1) is 11.3 Å². The van der Waals surface area contributed by atoms with Gasteiger partial charge in [0.05, 0.1) is 5.56 Å². The largest absolute Gasteiger partial charge is 0.417 e. The first kappa shape index (κ1) is 16.0. The molecule has 23 heavy (non-hydrogen) atoms. The van der Waals surface area contributed by atoms with Gasteiger partial charge in [-0.05, 0) is 34.9 Å². The summed E-state index contributed by atoms with van der Waals surface area (Å²) in [6.07, 6.45) is -2.59. The number of rotatable bonds is 4. The van der Waals surface area contributed by atoms with Gasteiger partial charge < -0.3 is 5.32 Å². The molecule has 0 spiro atoms. The fourth-order valence-electron chi connectivity index (χ4n) is 2.26. The van der Waals surface area contributed by atoms with Crippen LogP contribution in [0.4, 0.5) is 19.0 Å². The summed E-state index contributed by atoms with van der Waals surface area (Å²) in [6.45, 7) is 0.445. The van der Waals surface area contributed by atoms with E-state index in [1.165, 1.54) is 12.4 Å². The van der Waals surface area contributed by atoms with Crippen LogP contribution in [0.15, 0.2) is 36.0 Å². The van der Waals surface area contributed by atoms with E-state index in [0.29, 0.717) is 34.9 Å². The molecule has 3 aromatic rings. The van der Waals surface area contributed by atoms with Crippen molar-refractivity contribution in [1.29, 1.82) is 0 Å². The minimum atomic E-state index is -4.35. The average Bonchev–Trinajstić information content (AvgIpc) is 2.93. The quantitative estimate of drug-likeness (QED) is 0.666. The van der Waals surface area contributed by atoms with Crippen LogP contribution in [0.1, 0.15) is 11.1 Å². The van der Waals surface area contributed by atoms with Crippen molar-refractivity contribution in [2.75, 3.05) is 11.9 Å². The van der Waals surface area contributed by atoms with Gasteiger partial charge in [0.15, 0.2) is 0 Å². The Balaban J connectivity index is 1.78. The second-order valence-corrected chi connectivity index (χ2v) is 6.19. The summed E-state index contributed by atoms with van der Waals surface area (Å²) in [7, 11) is 0. The SMILES string of the molecule is FC(F)(F)c1cc(CCNc2cc(Cl)ncn2)cc2ccsc12. The molecule has 120 valence electrons. The molecule has 0 saturated carbocycles. The van der Waals surface area contributed by atoms with Crippen molar-refractivity contribution >= 4 is 38.8 Å². The van der Waals surface area contributed by atoms with Crippen LogP contribution in [0.5, 0.6) is 0 Å². The van der Waals surface area contributed by atoms with Crippen LogP contribution in [0.25, 0.3) is 10.1 Å². The molecule has 1 aromatic carbocycles. The van der Waals surface area contributed by atoms with Crippen molar-refractivity contribution in [3.05, 3.63) is 52.3 Å². The van der Waals surface area contributed by atoms with Crippen LogP contribution in [-0.2, 0) is 12.6 Å². The van der Waals surface area contributed by atoms with Crippen molar-refractivity contribution in [2.45, 2.75) is 12.6 Å². The summed E-state index contributed by atoms with van der Waals surface area (Å²) in [4.78, 5) is 7.75. The Morgan fingerprint density at radius 3 is 2.74 bits per heavy atom. The predicted octanol–water partition coefficient (Wildman–Crippen LogP) is 5.02. The number of nitrogens with one attached hydrogen (secondary N) is 1. The second kappa shape index (κ2) is 6.33. The zero-order valence-corrected chi connectivity index (χ0v) is 13.3. The van der Waals surface area contributed by atoms with Gasteiger partial charge in [-0.3, -0.25) is 0 Å². The maximum atomic E-state index is 13.2. The van der Waals surface area contributed by atoms with E-state index in [2.05, 4.69) is 15.3 Å². The number of hydrogen-bond donors (Lipinski definition) is 1. The first-order valence-electron chi connectivity index (χ1n) is 6.72. The summed E-state index contributed by atoms with van der Waals surface area (Å²) in [5, 5.41) is 5.61. The zero-order chi connectivity index (χ0) is 16.4. The van der Waals surface area contributed by atoms with Crippen molar-refractivity contribution in [3.8, 4) is 0 Å². The molecule has 3 rings (SSSR count). The number of thiophene rings is 1. The van der Waals surface area contributed by atoms with Gasteiger partial charge in [0.2, 0.25) is 0 Å². The van der Waals surface area contributed by atoms with E-state index >= 15 is 0 Å². The summed E-state index contributed by atoms with van der Waals surface area (Å²) in [5.74, 6) is 0.539. The fraction of sp³-hybridized carbons (Fsp3) is 0.200. The van der Waals surface area contributed by atoms with Gasteiger partial charge in [-0.25, -0.2) is 9.97 Å². The third-order valence-corrected chi connectivity index (χ3v) is 4.44. The van der Waals surface area contributed by atoms with Crippen molar-refractivity contribution in [2.24, 2.45) is 0 Å². The number of aromatic nitrogens is 2. The second-order valence-electron chi connectivity index (χ2n) is 4.88. The molecule has 0 unspecified atom stereocenters. The summed E-state index contributed by atoms with van der Waals surface area (Å²) < 4.78 is 39.8. The summed E-state index contributed by atoms with van der Waals surface area (Å²) in [5.41, 5.74) is 0.0426. The average molecular weight is 358 g/mol. The Labute approximate surface area is 139 Å². The van der Waals surface area contributed by atoms with E-state index < -0.39 is 11.7 Å². The van der Waals surface area contributed by atoms with Crippen molar-refractivity contribution in [1.82, 2.24) is 9.97 Å². The molecule has 0 amide bonds. The number of alkyl halides is 3. The third kappa shape index (κ3) is 3.73. The molecule has 0 aliphatic heterocycles. The molecular formula is C15H11ClF3N3S. The molecule has 0 aliphatic rings. The molecule has 2 aromatic heterocycles. The lowest BCUT2D eigenvalue weighted by Gasteiger charge is -2.11. The van der Waals surface area contributed by atoms with E-state index in [9.17, 15) is 13.2 Å². The maximum Gasteiger partial charge on any atom is 0.417 e. The maximum absolute atomic E-state index is 13.2. The molecule has 3 nitrogen and oxygen atoms in total. The lowest BCUT2D eigenvalue weighted by molar-refractivity contribution is -0.136. The van der Waals surface area contributed by atoms with E-state index in [0.717, 1.165) is 11.3 Å². The highest BCUT2D eigenvalue weighted by Gasteiger charge is 2.33.